The predicted octanol–water partition coefficient (Wildman–Crippen LogP) is 4.70. The molecular formula is C23H23NO5. The van der Waals surface area contributed by atoms with Crippen LogP contribution < -0.4 is 4.74 Å². The van der Waals surface area contributed by atoms with Crippen LogP contribution in [0.15, 0.2) is 59.0 Å². The Hall–Kier alpha value is -3.25. The van der Waals surface area contributed by atoms with Crippen LogP contribution in [0, 0.1) is 0 Å². The lowest BCUT2D eigenvalue weighted by atomic mass is 10.0. The fourth-order valence-corrected chi connectivity index (χ4v) is 3.93. The number of carboxylic acids is 1. The Kier molecular flexibility index (Phi) is 5.27. The number of carboxylic acid groups (broad SMARTS) is 1. The van der Waals surface area contributed by atoms with Gasteiger partial charge in [0.05, 0.1) is 13.7 Å². The summed E-state index contributed by atoms with van der Waals surface area (Å²) in [7, 11) is 1.68. The Morgan fingerprint density at radius 1 is 1.21 bits per heavy atom. The highest BCUT2D eigenvalue weighted by Crippen LogP contribution is 2.35. The number of aromatic hydroxyl groups is 1. The summed E-state index contributed by atoms with van der Waals surface area (Å²) in [5, 5.41) is 19.0. The van der Waals surface area contributed by atoms with Crippen molar-refractivity contribution in [3.63, 3.8) is 0 Å². The minimum absolute atomic E-state index is 0.126. The van der Waals surface area contributed by atoms with Crippen molar-refractivity contribution in [2.75, 3.05) is 13.7 Å². The van der Waals surface area contributed by atoms with Gasteiger partial charge in [-0.05, 0) is 61.3 Å². The number of nitrogens with zero attached hydrogens (tertiary/aromatic N) is 1. The van der Waals surface area contributed by atoms with Gasteiger partial charge < -0.3 is 19.4 Å². The van der Waals surface area contributed by atoms with E-state index in [1.54, 1.807) is 13.2 Å². The van der Waals surface area contributed by atoms with E-state index in [1.807, 2.05) is 24.3 Å². The highest BCUT2D eigenvalue weighted by Gasteiger charge is 2.27. The quantitative estimate of drug-likeness (QED) is 0.632. The third-order valence-electron chi connectivity index (χ3n) is 5.38. The van der Waals surface area contributed by atoms with Gasteiger partial charge in [-0.2, -0.15) is 0 Å². The maximum atomic E-state index is 11.1. The van der Waals surface area contributed by atoms with Crippen LogP contribution in [-0.2, 0) is 6.54 Å². The third kappa shape index (κ3) is 3.98. The lowest BCUT2D eigenvalue weighted by molar-refractivity contribution is 0.0693. The molecule has 1 aromatic heterocycles. The number of phenols is 1. The number of hydrogen-bond donors (Lipinski definition) is 2. The first-order chi connectivity index (χ1) is 14.0. The van der Waals surface area contributed by atoms with E-state index in [1.165, 1.54) is 17.7 Å². The second-order valence-electron chi connectivity index (χ2n) is 7.21. The van der Waals surface area contributed by atoms with Crippen molar-refractivity contribution in [2.45, 2.75) is 25.4 Å². The van der Waals surface area contributed by atoms with Gasteiger partial charge in [-0.3, -0.25) is 4.90 Å². The normalized spacial score (nSPS) is 16.8. The van der Waals surface area contributed by atoms with Gasteiger partial charge in [0.1, 0.15) is 28.6 Å². The number of aromatic carboxylic acids is 1. The zero-order valence-corrected chi connectivity index (χ0v) is 16.2. The molecule has 1 aliphatic rings. The summed E-state index contributed by atoms with van der Waals surface area (Å²) in [6, 6.07) is 16.7. The summed E-state index contributed by atoms with van der Waals surface area (Å²) < 4.78 is 11.4. The summed E-state index contributed by atoms with van der Waals surface area (Å²) in [4.78, 5) is 13.4. The molecule has 6 nitrogen and oxygen atoms in total. The van der Waals surface area contributed by atoms with Gasteiger partial charge in [-0.25, -0.2) is 4.79 Å². The van der Waals surface area contributed by atoms with E-state index in [-0.39, 0.29) is 11.3 Å². The Morgan fingerprint density at radius 3 is 2.83 bits per heavy atom. The molecule has 0 spiro atoms. The van der Waals surface area contributed by atoms with Crippen molar-refractivity contribution >= 4 is 5.97 Å². The van der Waals surface area contributed by atoms with Crippen LogP contribution in [0.5, 0.6) is 11.5 Å². The summed E-state index contributed by atoms with van der Waals surface area (Å²) in [6.45, 7) is 1.67. The maximum absolute atomic E-state index is 11.1. The van der Waals surface area contributed by atoms with Crippen LogP contribution in [0.2, 0.25) is 0 Å². The fourth-order valence-electron chi connectivity index (χ4n) is 3.93. The molecule has 4 rings (SSSR count). The Bertz CT molecular complexity index is 1030. The van der Waals surface area contributed by atoms with E-state index >= 15 is 0 Å². The standard InChI is InChI=1S/C23H23NO5/c1-28-17-5-2-4-15(12-17)20-6-3-11-24(20)14-18-8-10-22(29-18)16-7-9-19(23(26)27)21(25)13-16/h2,4-5,7-10,12-13,20,25H,3,6,11,14H2,1H3,(H,26,27)/t20-/m1/s1. The van der Waals surface area contributed by atoms with Crippen molar-refractivity contribution < 1.29 is 24.2 Å². The number of carbonyl (C=O) groups is 1. The minimum Gasteiger partial charge on any atom is -0.507 e. The number of furan rings is 1. The second kappa shape index (κ2) is 8.01. The van der Waals surface area contributed by atoms with Crippen LogP contribution >= 0.6 is 0 Å². The molecule has 3 aromatic rings. The van der Waals surface area contributed by atoms with Crippen LogP contribution in [0.1, 0.15) is 40.6 Å². The van der Waals surface area contributed by atoms with Crippen molar-refractivity contribution in [3.05, 3.63) is 71.5 Å². The first kappa shape index (κ1) is 19.1. The predicted molar refractivity (Wildman–Crippen MR) is 108 cm³/mol. The fraction of sp³-hybridized carbons (Fsp3) is 0.261. The van der Waals surface area contributed by atoms with Crippen molar-refractivity contribution in [1.29, 1.82) is 0 Å². The molecular weight excluding hydrogens is 370 g/mol. The average Bonchev–Trinajstić information content (AvgIpc) is 3.37. The van der Waals surface area contributed by atoms with Gasteiger partial charge in [-0.1, -0.05) is 18.2 Å². The zero-order chi connectivity index (χ0) is 20.4. The van der Waals surface area contributed by atoms with Crippen LogP contribution in [0.3, 0.4) is 0 Å². The van der Waals surface area contributed by atoms with Gasteiger partial charge in [-0.15, -0.1) is 0 Å². The van der Waals surface area contributed by atoms with E-state index in [9.17, 15) is 9.90 Å². The van der Waals surface area contributed by atoms with Gasteiger partial charge in [0, 0.05) is 11.6 Å². The molecule has 0 unspecified atom stereocenters. The molecule has 1 fully saturated rings. The lowest BCUT2D eigenvalue weighted by Gasteiger charge is -2.24. The number of likely N-dealkylation sites (tertiary alicyclic amines) is 1. The monoisotopic (exact) mass is 393 g/mol. The zero-order valence-electron chi connectivity index (χ0n) is 16.2. The van der Waals surface area contributed by atoms with Crippen LogP contribution in [-0.4, -0.2) is 34.7 Å². The topological polar surface area (TPSA) is 83.1 Å². The Balaban J connectivity index is 1.51. The number of rotatable bonds is 6. The van der Waals surface area contributed by atoms with Crippen molar-refractivity contribution in [3.8, 4) is 22.8 Å². The molecule has 2 aromatic carbocycles. The Morgan fingerprint density at radius 2 is 2.07 bits per heavy atom. The lowest BCUT2D eigenvalue weighted by Crippen LogP contribution is -2.22. The van der Waals surface area contributed by atoms with Crippen LogP contribution in [0.25, 0.3) is 11.3 Å². The summed E-state index contributed by atoms with van der Waals surface area (Å²) in [6.07, 6.45) is 2.21. The van der Waals surface area contributed by atoms with Gasteiger partial charge in [0.15, 0.2) is 0 Å². The van der Waals surface area contributed by atoms with Gasteiger partial charge >= 0.3 is 5.97 Å². The van der Waals surface area contributed by atoms with Gasteiger partial charge in [0.2, 0.25) is 0 Å². The second-order valence-corrected chi connectivity index (χ2v) is 7.21. The SMILES string of the molecule is COc1cccc([C@H]2CCCN2Cc2ccc(-c3ccc(C(=O)O)c(O)c3)o2)c1. The summed E-state index contributed by atoms with van der Waals surface area (Å²) in [5.74, 6) is 0.859. The molecule has 2 N–H and O–H groups in total. The molecule has 1 atom stereocenters. The molecule has 0 amide bonds. The van der Waals surface area contributed by atoms with E-state index < -0.39 is 5.97 Å². The van der Waals surface area contributed by atoms with E-state index in [4.69, 9.17) is 14.3 Å². The molecule has 6 heteroatoms. The van der Waals surface area contributed by atoms with E-state index in [2.05, 4.69) is 17.0 Å². The highest BCUT2D eigenvalue weighted by molar-refractivity contribution is 5.91. The van der Waals surface area contributed by atoms with E-state index in [0.717, 1.165) is 30.9 Å². The number of benzene rings is 2. The molecule has 150 valence electrons. The first-order valence-corrected chi connectivity index (χ1v) is 9.58. The maximum Gasteiger partial charge on any atom is 0.339 e. The Labute approximate surface area is 169 Å². The molecule has 1 aliphatic heterocycles. The van der Waals surface area contributed by atoms with Crippen LogP contribution in [0.4, 0.5) is 0 Å². The van der Waals surface area contributed by atoms with Crippen molar-refractivity contribution in [2.24, 2.45) is 0 Å². The number of ether oxygens (including phenoxy) is 1. The summed E-state index contributed by atoms with van der Waals surface area (Å²) >= 11 is 0. The van der Waals surface area contributed by atoms with Crippen molar-refractivity contribution in [1.82, 2.24) is 4.90 Å². The molecule has 0 aliphatic carbocycles. The third-order valence-corrected chi connectivity index (χ3v) is 5.38. The molecule has 2 heterocycles. The minimum atomic E-state index is -1.16. The number of hydrogen-bond acceptors (Lipinski definition) is 5. The largest absolute Gasteiger partial charge is 0.507 e. The highest BCUT2D eigenvalue weighted by atomic mass is 16.5. The van der Waals surface area contributed by atoms with E-state index in [0.29, 0.717) is 23.9 Å². The van der Waals surface area contributed by atoms with Gasteiger partial charge in [0.25, 0.3) is 0 Å². The molecule has 0 bridgehead atoms. The molecule has 0 radical (unpaired) electrons. The molecule has 0 saturated carbocycles. The average molecular weight is 393 g/mol. The molecule has 1 saturated heterocycles. The number of methoxy groups -OCH3 is 1. The summed E-state index contributed by atoms with van der Waals surface area (Å²) in [5.41, 5.74) is 1.76. The smallest absolute Gasteiger partial charge is 0.339 e. The molecule has 29 heavy (non-hydrogen) atoms. The first-order valence-electron chi connectivity index (χ1n) is 9.58.